The van der Waals surface area contributed by atoms with Gasteiger partial charge in [0.25, 0.3) is 5.65 Å². The number of rotatable bonds is 5. The van der Waals surface area contributed by atoms with Crippen LogP contribution in [0.1, 0.15) is 94.5 Å². The molecule has 3 aromatic heterocycles. The highest BCUT2D eigenvalue weighted by Crippen LogP contribution is 2.53. The molecule has 0 saturated carbocycles. The van der Waals surface area contributed by atoms with E-state index in [0.29, 0.717) is 11.8 Å². The summed E-state index contributed by atoms with van der Waals surface area (Å²) in [5, 5.41) is 2.58. The smallest absolute Gasteiger partial charge is 0.255 e. The maximum absolute atomic E-state index is 5.15. The summed E-state index contributed by atoms with van der Waals surface area (Å²) in [6, 6.07) is 12.1. The van der Waals surface area contributed by atoms with Gasteiger partial charge in [-0.05, 0) is 85.4 Å². The Balaban J connectivity index is 1.89. The third kappa shape index (κ3) is 3.84. The van der Waals surface area contributed by atoms with Gasteiger partial charge in [-0.3, -0.25) is 4.98 Å². The molecule has 0 bridgehead atoms. The predicted molar refractivity (Wildman–Crippen MR) is 174 cm³/mol. The highest BCUT2D eigenvalue weighted by molar-refractivity contribution is 6.13. The van der Waals surface area contributed by atoms with Crippen LogP contribution in [0.4, 0.5) is 0 Å². The van der Waals surface area contributed by atoms with E-state index in [-0.39, 0.29) is 10.8 Å². The number of aromatic nitrogens is 3. The summed E-state index contributed by atoms with van der Waals surface area (Å²) in [6.45, 7) is 25.9. The Kier molecular flexibility index (Phi) is 6.24. The topological polar surface area (TPSA) is 21.2 Å². The summed E-state index contributed by atoms with van der Waals surface area (Å²) in [6.07, 6.45) is 4.26. The van der Waals surface area contributed by atoms with Crippen LogP contribution in [0.15, 0.2) is 36.5 Å². The number of benzene rings is 2. The number of pyridine rings is 2. The summed E-state index contributed by atoms with van der Waals surface area (Å²) in [5.41, 5.74) is 15.8. The second-order valence-electron chi connectivity index (χ2n) is 14.8. The molecule has 3 heteroatoms. The van der Waals surface area contributed by atoms with E-state index in [2.05, 4.69) is 129 Å². The van der Waals surface area contributed by atoms with E-state index in [4.69, 9.17) is 4.98 Å². The molecule has 214 valence electrons. The molecule has 0 aliphatic carbocycles. The Bertz CT molecular complexity index is 1850. The Morgan fingerprint density at radius 1 is 0.805 bits per heavy atom. The number of fused-ring (bicyclic) bond motifs is 3. The second kappa shape index (κ2) is 9.15. The highest BCUT2D eigenvalue weighted by atomic mass is 15.1. The van der Waals surface area contributed by atoms with Gasteiger partial charge in [0.1, 0.15) is 5.52 Å². The first kappa shape index (κ1) is 27.9. The largest absolute Gasteiger partial charge is 0.297 e. The average Bonchev–Trinajstić information content (AvgIpc) is 3.18. The summed E-state index contributed by atoms with van der Waals surface area (Å²) in [5.74, 6) is 1.23. The van der Waals surface area contributed by atoms with Crippen LogP contribution in [0.2, 0.25) is 0 Å². The van der Waals surface area contributed by atoms with Crippen LogP contribution in [-0.4, -0.2) is 9.38 Å². The minimum absolute atomic E-state index is 0.0777. The molecule has 0 N–H and O–H groups in total. The first-order valence-electron chi connectivity index (χ1n) is 15.6. The SMILES string of the molecule is Cc1cnc2c3c(C)ccc4c3n3c(c(-c5cc(CC(C)C)cc(CC(C)C)c5)[n+](C)c3c2c1C)C(C)(C)C4(C)C. The number of nitrogens with zero attached hydrogens (tertiary/aromatic N) is 3. The minimum atomic E-state index is -0.118. The average molecular weight is 547 g/mol. The lowest BCUT2D eigenvalue weighted by Gasteiger charge is -2.43. The number of imidazole rings is 1. The molecule has 3 nitrogen and oxygen atoms in total. The molecular formula is C38H48N3+. The minimum Gasteiger partial charge on any atom is -0.255 e. The Morgan fingerprint density at radius 3 is 2.00 bits per heavy atom. The predicted octanol–water partition coefficient (Wildman–Crippen LogP) is 9.02. The molecule has 0 atom stereocenters. The monoisotopic (exact) mass is 546 g/mol. The molecule has 0 radical (unpaired) electrons. The van der Waals surface area contributed by atoms with E-state index < -0.39 is 0 Å². The zero-order valence-corrected chi connectivity index (χ0v) is 27.4. The molecule has 0 unspecified atom stereocenters. The van der Waals surface area contributed by atoms with Gasteiger partial charge in [0.05, 0.1) is 23.3 Å². The first-order chi connectivity index (χ1) is 19.2. The van der Waals surface area contributed by atoms with Gasteiger partial charge >= 0.3 is 0 Å². The van der Waals surface area contributed by atoms with Crippen LogP contribution in [0.25, 0.3) is 38.7 Å². The van der Waals surface area contributed by atoms with Gasteiger partial charge in [-0.2, -0.15) is 4.40 Å². The lowest BCUT2D eigenvalue weighted by atomic mass is 9.60. The maximum atomic E-state index is 5.15. The van der Waals surface area contributed by atoms with Crippen molar-refractivity contribution < 1.29 is 4.57 Å². The van der Waals surface area contributed by atoms with Crippen molar-refractivity contribution in [3.63, 3.8) is 0 Å². The number of aryl methyl sites for hydroxylation is 4. The van der Waals surface area contributed by atoms with Crippen molar-refractivity contribution in [2.24, 2.45) is 18.9 Å². The van der Waals surface area contributed by atoms with E-state index >= 15 is 0 Å². The number of hydrogen-bond donors (Lipinski definition) is 0. The lowest BCUT2D eigenvalue weighted by molar-refractivity contribution is -0.632. The summed E-state index contributed by atoms with van der Waals surface area (Å²) < 4.78 is 5.15. The third-order valence-electron chi connectivity index (χ3n) is 10.4. The van der Waals surface area contributed by atoms with Crippen LogP contribution >= 0.6 is 0 Å². The molecule has 0 saturated heterocycles. The van der Waals surface area contributed by atoms with Gasteiger partial charge in [-0.15, -0.1) is 0 Å². The molecule has 0 spiro atoms. The van der Waals surface area contributed by atoms with Crippen molar-refractivity contribution in [1.82, 2.24) is 9.38 Å². The summed E-state index contributed by atoms with van der Waals surface area (Å²) in [4.78, 5) is 5.15. The van der Waals surface area contributed by atoms with Gasteiger partial charge in [0, 0.05) is 28.2 Å². The molecule has 2 aromatic carbocycles. The third-order valence-corrected chi connectivity index (χ3v) is 10.4. The van der Waals surface area contributed by atoms with Gasteiger partial charge in [0.2, 0.25) is 0 Å². The number of hydrogen-bond acceptors (Lipinski definition) is 1. The highest BCUT2D eigenvalue weighted by Gasteiger charge is 2.53. The molecular weight excluding hydrogens is 498 g/mol. The molecule has 0 amide bonds. The molecule has 4 heterocycles. The van der Waals surface area contributed by atoms with Crippen molar-refractivity contribution >= 4 is 27.5 Å². The van der Waals surface area contributed by atoms with Crippen molar-refractivity contribution in [2.45, 2.75) is 99.8 Å². The van der Waals surface area contributed by atoms with E-state index in [1.165, 1.54) is 72.3 Å². The van der Waals surface area contributed by atoms with E-state index in [1.807, 2.05) is 0 Å². The quantitative estimate of drug-likeness (QED) is 0.159. The van der Waals surface area contributed by atoms with Gasteiger partial charge in [-0.25, -0.2) is 4.57 Å². The second-order valence-corrected chi connectivity index (χ2v) is 14.8. The standard InChI is InChI=1S/C38H48N3/c1-21(2)15-26-17-27(16-22(3)4)19-28(18-26)33-35-38(10,11)37(8,9)29-14-13-23(5)30-32-31(25(7)24(6)20-39-32)36(40(33)12)41(35)34(29)30/h13-14,17-22H,15-16H2,1-12H3/q+1. The van der Waals surface area contributed by atoms with Crippen LogP contribution < -0.4 is 4.57 Å². The van der Waals surface area contributed by atoms with Crippen molar-refractivity contribution in [3.05, 3.63) is 75.6 Å². The van der Waals surface area contributed by atoms with Gasteiger partial charge in [-0.1, -0.05) is 73.6 Å². The molecule has 41 heavy (non-hydrogen) atoms. The lowest BCUT2D eigenvalue weighted by Crippen LogP contribution is -2.44. The normalized spacial score (nSPS) is 15.9. The van der Waals surface area contributed by atoms with Crippen molar-refractivity contribution in [1.29, 1.82) is 0 Å². The van der Waals surface area contributed by atoms with E-state index in [9.17, 15) is 0 Å². The zero-order valence-electron chi connectivity index (χ0n) is 27.4. The van der Waals surface area contributed by atoms with Gasteiger partial charge in [0.15, 0.2) is 11.4 Å². The Hall–Kier alpha value is -3.20. The zero-order chi connectivity index (χ0) is 29.8. The van der Waals surface area contributed by atoms with Crippen molar-refractivity contribution in [2.75, 3.05) is 0 Å². The molecule has 1 aliphatic heterocycles. The fraction of sp³-hybridized carbons (Fsp3) is 0.474. The van der Waals surface area contributed by atoms with Crippen LogP contribution in [0.5, 0.6) is 0 Å². The molecule has 6 rings (SSSR count). The van der Waals surface area contributed by atoms with Gasteiger partial charge < -0.3 is 0 Å². The summed E-state index contributed by atoms with van der Waals surface area (Å²) >= 11 is 0. The molecule has 1 aliphatic rings. The molecule has 5 aromatic rings. The fourth-order valence-corrected chi connectivity index (χ4v) is 7.63. The molecule has 0 fully saturated rings. The van der Waals surface area contributed by atoms with E-state index in [1.54, 1.807) is 0 Å². The Morgan fingerprint density at radius 2 is 1.41 bits per heavy atom. The van der Waals surface area contributed by atoms with Crippen LogP contribution in [-0.2, 0) is 30.7 Å². The van der Waals surface area contributed by atoms with Crippen molar-refractivity contribution in [3.8, 4) is 11.3 Å². The fourth-order valence-electron chi connectivity index (χ4n) is 7.63. The van der Waals surface area contributed by atoms with E-state index in [0.717, 1.165) is 18.4 Å². The van der Waals surface area contributed by atoms with Crippen LogP contribution in [0.3, 0.4) is 0 Å². The Labute approximate surface area is 246 Å². The first-order valence-corrected chi connectivity index (χ1v) is 15.6. The summed E-state index contributed by atoms with van der Waals surface area (Å²) in [7, 11) is 2.29. The maximum Gasteiger partial charge on any atom is 0.297 e. The van der Waals surface area contributed by atoms with Crippen LogP contribution in [0, 0.1) is 32.6 Å².